The summed E-state index contributed by atoms with van der Waals surface area (Å²) in [6, 6.07) is 2.45. The van der Waals surface area contributed by atoms with Crippen LogP contribution in [0.15, 0.2) is 30.5 Å². The van der Waals surface area contributed by atoms with Gasteiger partial charge < -0.3 is 48.3 Å². The second-order valence-corrected chi connectivity index (χ2v) is 9.16. The molecular formula is C25H37N7O7. The van der Waals surface area contributed by atoms with Crippen molar-refractivity contribution in [1.29, 1.82) is 0 Å². The minimum Gasteiger partial charge on any atom is -0.480 e. The fraction of sp³-hybridized carbons (Fsp3) is 0.480. The monoisotopic (exact) mass is 547 g/mol. The van der Waals surface area contributed by atoms with E-state index in [0.29, 0.717) is 19.4 Å². The molecule has 14 nitrogen and oxygen atoms in total. The van der Waals surface area contributed by atoms with Crippen molar-refractivity contribution in [3.63, 3.8) is 0 Å². The largest absolute Gasteiger partial charge is 0.480 e. The van der Waals surface area contributed by atoms with Crippen molar-refractivity contribution in [2.45, 2.75) is 62.7 Å². The first-order valence-corrected chi connectivity index (χ1v) is 12.6. The maximum atomic E-state index is 13.1. The molecule has 1 aromatic carbocycles. The Labute approximate surface area is 225 Å². The number of fused-ring (bicyclic) bond motifs is 1. The van der Waals surface area contributed by atoms with E-state index in [2.05, 4.69) is 20.9 Å². The Morgan fingerprint density at radius 2 is 1.51 bits per heavy atom. The lowest BCUT2D eigenvalue weighted by Gasteiger charge is -2.25. The van der Waals surface area contributed by atoms with E-state index in [1.807, 2.05) is 24.3 Å². The third-order valence-corrected chi connectivity index (χ3v) is 6.14. The predicted molar refractivity (Wildman–Crippen MR) is 142 cm³/mol. The highest BCUT2D eigenvalue weighted by Crippen LogP contribution is 2.19. The van der Waals surface area contributed by atoms with E-state index in [0.717, 1.165) is 16.5 Å². The molecule has 0 saturated heterocycles. The number of carbonyl (C=O) groups excluding carboxylic acids is 4. The molecule has 0 radical (unpaired) electrons. The van der Waals surface area contributed by atoms with Crippen molar-refractivity contribution >= 4 is 40.5 Å². The molecule has 0 bridgehead atoms. The van der Waals surface area contributed by atoms with Crippen LogP contribution in [0.2, 0.25) is 0 Å². The molecule has 0 aliphatic heterocycles. The molecule has 0 fully saturated rings. The van der Waals surface area contributed by atoms with E-state index in [1.54, 1.807) is 6.20 Å². The number of amides is 4. The van der Waals surface area contributed by atoms with Crippen LogP contribution in [-0.4, -0.2) is 82.1 Å². The number of carbonyl (C=O) groups is 5. The van der Waals surface area contributed by atoms with Crippen LogP contribution < -0.4 is 33.2 Å². The van der Waals surface area contributed by atoms with Crippen LogP contribution in [0.3, 0.4) is 0 Å². The topological polar surface area (TPSA) is 256 Å². The fourth-order valence-corrected chi connectivity index (χ4v) is 3.96. The first kappa shape index (κ1) is 31.2. The number of aliphatic hydroxyl groups excluding tert-OH is 1. The Hall–Kier alpha value is -4.01. The van der Waals surface area contributed by atoms with E-state index >= 15 is 0 Å². The summed E-state index contributed by atoms with van der Waals surface area (Å²) in [6.45, 7) is -0.515. The Morgan fingerprint density at radius 1 is 0.897 bits per heavy atom. The molecular weight excluding hydrogens is 510 g/mol. The predicted octanol–water partition coefficient (Wildman–Crippen LogP) is -2.04. The van der Waals surface area contributed by atoms with E-state index in [1.165, 1.54) is 0 Å². The summed E-state index contributed by atoms with van der Waals surface area (Å²) in [7, 11) is 0. The number of aliphatic hydroxyl groups is 1. The van der Waals surface area contributed by atoms with Crippen LogP contribution in [0.1, 0.15) is 37.7 Å². The van der Waals surface area contributed by atoms with Gasteiger partial charge in [0.15, 0.2) is 0 Å². The van der Waals surface area contributed by atoms with Gasteiger partial charge in [-0.2, -0.15) is 0 Å². The summed E-state index contributed by atoms with van der Waals surface area (Å²) < 4.78 is 0. The first-order chi connectivity index (χ1) is 18.6. The Kier molecular flexibility index (Phi) is 12.3. The third kappa shape index (κ3) is 9.67. The van der Waals surface area contributed by atoms with Gasteiger partial charge in [-0.3, -0.25) is 19.2 Å². The number of aliphatic carboxylic acids is 1. The molecule has 0 aliphatic rings. The van der Waals surface area contributed by atoms with Crippen molar-refractivity contribution in [2.24, 2.45) is 17.2 Å². The second-order valence-electron chi connectivity index (χ2n) is 9.16. The lowest BCUT2D eigenvalue weighted by molar-refractivity contribution is -0.143. The molecule has 12 N–H and O–H groups in total. The zero-order valence-electron chi connectivity index (χ0n) is 21.5. The van der Waals surface area contributed by atoms with Crippen LogP contribution in [0.4, 0.5) is 0 Å². The lowest BCUT2D eigenvalue weighted by Crippen LogP contribution is -2.57. The molecule has 214 valence electrons. The molecule has 2 aromatic rings. The number of carboxylic acids is 1. The van der Waals surface area contributed by atoms with Crippen molar-refractivity contribution in [1.82, 2.24) is 20.9 Å². The number of nitrogens with two attached hydrogens (primary N) is 3. The summed E-state index contributed by atoms with van der Waals surface area (Å²) in [5, 5.41) is 26.5. The smallest absolute Gasteiger partial charge is 0.328 e. The van der Waals surface area contributed by atoms with E-state index < -0.39 is 60.4 Å². The second kappa shape index (κ2) is 15.4. The first-order valence-electron chi connectivity index (χ1n) is 12.6. The highest BCUT2D eigenvalue weighted by molar-refractivity contribution is 5.94. The van der Waals surface area contributed by atoms with Crippen LogP contribution in [0.25, 0.3) is 10.9 Å². The zero-order chi connectivity index (χ0) is 28.9. The van der Waals surface area contributed by atoms with Gasteiger partial charge in [0.1, 0.15) is 18.1 Å². The lowest BCUT2D eigenvalue weighted by atomic mass is 10.0. The van der Waals surface area contributed by atoms with Crippen molar-refractivity contribution in [3.05, 3.63) is 36.0 Å². The Balaban J connectivity index is 2.14. The molecule has 4 unspecified atom stereocenters. The minimum absolute atomic E-state index is 0.114. The number of nitrogens with one attached hydrogen (secondary N) is 4. The minimum atomic E-state index is -1.57. The van der Waals surface area contributed by atoms with Gasteiger partial charge in [-0.15, -0.1) is 0 Å². The molecule has 4 amide bonds. The van der Waals surface area contributed by atoms with Crippen LogP contribution >= 0.6 is 0 Å². The van der Waals surface area contributed by atoms with Gasteiger partial charge in [0.2, 0.25) is 23.6 Å². The molecule has 4 atom stereocenters. The number of carboxylic acid groups (broad SMARTS) is 1. The average molecular weight is 548 g/mol. The molecule has 39 heavy (non-hydrogen) atoms. The van der Waals surface area contributed by atoms with Crippen LogP contribution in [0.5, 0.6) is 0 Å². The van der Waals surface area contributed by atoms with Gasteiger partial charge in [0, 0.05) is 23.5 Å². The maximum Gasteiger partial charge on any atom is 0.328 e. The van der Waals surface area contributed by atoms with Gasteiger partial charge in [0.05, 0.1) is 12.6 Å². The number of benzene rings is 1. The number of rotatable bonds is 17. The van der Waals surface area contributed by atoms with Gasteiger partial charge >= 0.3 is 5.97 Å². The summed E-state index contributed by atoms with van der Waals surface area (Å²) in [5.74, 6) is -4.42. The number of aromatic amines is 1. The number of H-pyrrole nitrogens is 1. The third-order valence-electron chi connectivity index (χ3n) is 6.14. The van der Waals surface area contributed by atoms with Gasteiger partial charge in [-0.1, -0.05) is 18.2 Å². The Bertz CT molecular complexity index is 1150. The normalized spacial score (nSPS) is 14.1. The number of aromatic nitrogens is 1. The van der Waals surface area contributed by atoms with Crippen molar-refractivity contribution in [3.8, 4) is 0 Å². The SMILES string of the molecule is NCCCCC(NC(=O)C(CCC(N)=O)NC(=O)C(N)Cc1c[nH]c2ccccc12)C(=O)NC(CO)C(=O)O. The molecule has 0 aliphatic carbocycles. The molecule has 1 aromatic heterocycles. The van der Waals surface area contributed by atoms with E-state index in [9.17, 15) is 29.1 Å². The summed E-state index contributed by atoms with van der Waals surface area (Å²) in [6.07, 6.45) is 2.61. The molecule has 0 saturated carbocycles. The number of unbranched alkanes of at least 4 members (excludes halogenated alkanes) is 1. The zero-order valence-corrected chi connectivity index (χ0v) is 21.5. The molecule has 2 rings (SSSR count). The summed E-state index contributed by atoms with van der Waals surface area (Å²) in [5.41, 5.74) is 18.6. The van der Waals surface area contributed by atoms with Gasteiger partial charge in [-0.05, 0) is 50.3 Å². The van der Waals surface area contributed by atoms with Gasteiger partial charge in [0.25, 0.3) is 0 Å². The van der Waals surface area contributed by atoms with Crippen molar-refractivity contribution in [2.75, 3.05) is 13.2 Å². The highest BCUT2D eigenvalue weighted by atomic mass is 16.4. The van der Waals surface area contributed by atoms with Crippen molar-refractivity contribution < 1.29 is 34.2 Å². The number of para-hydroxylation sites is 1. The standard InChI is InChI=1S/C25H37N7O7/c26-10-4-3-7-18(23(36)32-20(13-33)25(38)39)31-24(37)19(8-9-21(28)34)30-22(35)16(27)11-14-12-29-17-6-2-1-5-15(14)17/h1-2,5-6,12,16,18-20,29,33H,3-4,7-11,13,26-27H2,(H2,28,34)(H,30,35)(H,31,37)(H,32,36)(H,38,39). The molecule has 14 heteroatoms. The number of hydrogen-bond donors (Lipinski definition) is 9. The number of primary amides is 1. The Morgan fingerprint density at radius 3 is 2.13 bits per heavy atom. The fourth-order valence-electron chi connectivity index (χ4n) is 3.96. The summed E-state index contributed by atoms with van der Waals surface area (Å²) in [4.78, 5) is 64.5. The highest BCUT2D eigenvalue weighted by Gasteiger charge is 2.30. The van der Waals surface area contributed by atoms with Gasteiger partial charge in [-0.25, -0.2) is 4.79 Å². The van der Waals surface area contributed by atoms with Crippen LogP contribution in [0, 0.1) is 0 Å². The average Bonchev–Trinajstić information content (AvgIpc) is 3.31. The quantitative estimate of drug-likeness (QED) is 0.0987. The summed E-state index contributed by atoms with van der Waals surface area (Å²) >= 11 is 0. The molecule has 0 spiro atoms. The van der Waals surface area contributed by atoms with E-state index in [4.69, 9.17) is 22.3 Å². The van der Waals surface area contributed by atoms with E-state index in [-0.39, 0.29) is 25.7 Å². The molecule has 1 heterocycles. The maximum absolute atomic E-state index is 13.1. The number of hydrogen-bond acceptors (Lipinski definition) is 8. The van der Waals surface area contributed by atoms with Crippen LogP contribution in [-0.2, 0) is 30.4 Å².